The predicted molar refractivity (Wildman–Crippen MR) is 99.2 cm³/mol. The fourth-order valence-electron chi connectivity index (χ4n) is 3.00. The molecule has 0 bridgehead atoms. The first-order valence-electron chi connectivity index (χ1n) is 8.29. The molecule has 1 aliphatic heterocycles. The fraction of sp³-hybridized carbons (Fsp3) is 0.190. The van der Waals surface area contributed by atoms with E-state index in [9.17, 15) is 4.79 Å². The smallest absolute Gasteiger partial charge is 0.311 e. The molecule has 2 heterocycles. The number of thiophene rings is 1. The molecule has 0 saturated heterocycles. The molecule has 4 heteroatoms. The lowest BCUT2D eigenvalue weighted by Crippen LogP contribution is -2.18. The summed E-state index contributed by atoms with van der Waals surface area (Å²) < 4.78 is 11.2. The molecule has 0 aliphatic carbocycles. The Morgan fingerprint density at radius 1 is 1.16 bits per heavy atom. The van der Waals surface area contributed by atoms with Crippen molar-refractivity contribution < 1.29 is 14.3 Å². The van der Waals surface area contributed by atoms with Gasteiger partial charge in [-0.25, -0.2) is 0 Å². The van der Waals surface area contributed by atoms with Crippen LogP contribution < -0.4 is 9.47 Å². The number of esters is 1. The third-order valence-corrected chi connectivity index (χ3v) is 5.30. The van der Waals surface area contributed by atoms with Crippen LogP contribution in [0, 0.1) is 0 Å². The molecule has 0 spiro atoms. The first-order valence-corrected chi connectivity index (χ1v) is 9.17. The van der Waals surface area contributed by atoms with Crippen molar-refractivity contribution in [2.45, 2.75) is 25.9 Å². The number of benzene rings is 2. The van der Waals surface area contributed by atoms with E-state index in [-0.39, 0.29) is 11.9 Å². The van der Waals surface area contributed by atoms with Gasteiger partial charge in [0, 0.05) is 10.9 Å². The van der Waals surface area contributed by atoms with Gasteiger partial charge in [0.1, 0.15) is 18.1 Å². The molecule has 0 N–H and O–H groups in total. The minimum absolute atomic E-state index is 0.179. The maximum atomic E-state index is 11.6. The molecular weight excluding hydrogens is 332 g/mol. The Bertz CT molecular complexity index is 882. The van der Waals surface area contributed by atoms with Crippen molar-refractivity contribution in [1.29, 1.82) is 0 Å². The monoisotopic (exact) mass is 350 g/mol. The Labute approximate surface area is 150 Å². The molecule has 126 valence electrons. The van der Waals surface area contributed by atoms with Crippen molar-refractivity contribution in [3.8, 4) is 21.9 Å². The molecular formula is C21H18O3S. The molecule has 0 fully saturated rings. The summed E-state index contributed by atoms with van der Waals surface area (Å²) >= 11 is 1.73. The standard InChI is InChI=1S/C21H18O3S/c1-14-11-21(22)24-19-12-17(8-9-18(14)19)23-13-15-4-6-16(7-5-15)20-3-2-10-25-20/h2-10,12,14H,11,13H2,1H3. The van der Waals surface area contributed by atoms with Crippen LogP contribution in [0.4, 0.5) is 0 Å². The lowest BCUT2D eigenvalue weighted by atomic mass is 9.95. The van der Waals surface area contributed by atoms with Crippen molar-refractivity contribution in [3.63, 3.8) is 0 Å². The van der Waals surface area contributed by atoms with E-state index < -0.39 is 0 Å². The van der Waals surface area contributed by atoms with Crippen LogP contribution >= 0.6 is 11.3 Å². The number of fused-ring (bicyclic) bond motifs is 1. The summed E-state index contributed by atoms with van der Waals surface area (Å²) in [7, 11) is 0. The minimum Gasteiger partial charge on any atom is -0.489 e. The molecule has 1 aromatic heterocycles. The zero-order valence-corrected chi connectivity index (χ0v) is 14.7. The third kappa shape index (κ3) is 3.44. The normalized spacial score (nSPS) is 16.2. The van der Waals surface area contributed by atoms with Gasteiger partial charge in [-0.1, -0.05) is 43.3 Å². The van der Waals surface area contributed by atoms with E-state index in [1.54, 1.807) is 11.3 Å². The van der Waals surface area contributed by atoms with Crippen LogP contribution in [0.3, 0.4) is 0 Å². The summed E-state index contributed by atoms with van der Waals surface area (Å²) in [6.45, 7) is 2.52. The summed E-state index contributed by atoms with van der Waals surface area (Å²) in [5.41, 5.74) is 3.38. The van der Waals surface area contributed by atoms with Crippen molar-refractivity contribution >= 4 is 17.3 Å². The van der Waals surface area contributed by atoms with Crippen LogP contribution in [0.25, 0.3) is 10.4 Å². The third-order valence-electron chi connectivity index (χ3n) is 4.38. The van der Waals surface area contributed by atoms with Gasteiger partial charge in [0.15, 0.2) is 0 Å². The highest BCUT2D eigenvalue weighted by Gasteiger charge is 2.24. The quantitative estimate of drug-likeness (QED) is 0.466. The second kappa shape index (κ2) is 6.73. The van der Waals surface area contributed by atoms with Gasteiger partial charge in [-0.15, -0.1) is 11.3 Å². The fourth-order valence-corrected chi connectivity index (χ4v) is 3.73. The number of carbonyl (C=O) groups excluding carboxylic acids is 1. The molecule has 1 atom stereocenters. The molecule has 2 aromatic carbocycles. The van der Waals surface area contributed by atoms with Gasteiger partial charge in [-0.05, 0) is 40.1 Å². The highest BCUT2D eigenvalue weighted by atomic mass is 32.1. The van der Waals surface area contributed by atoms with E-state index in [1.807, 2.05) is 25.1 Å². The Kier molecular flexibility index (Phi) is 4.28. The van der Waals surface area contributed by atoms with Crippen LogP contribution in [-0.2, 0) is 11.4 Å². The SMILES string of the molecule is CC1CC(=O)Oc2cc(OCc3ccc(-c4cccs4)cc3)ccc21. The molecule has 1 aliphatic rings. The zero-order chi connectivity index (χ0) is 17.2. The summed E-state index contributed by atoms with van der Waals surface area (Å²) in [4.78, 5) is 12.9. The van der Waals surface area contributed by atoms with Crippen molar-refractivity contribution in [2.24, 2.45) is 0 Å². The van der Waals surface area contributed by atoms with Gasteiger partial charge in [-0.3, -0.25) is 4.79 Å². The van der Waals surface area contributed by atoms with Gasteiger partial charge in [0.25, 0.3) is 0 Å². The van der Waals surface area contributed by atoms with E-state index in [1.165, 1.54) is 10.4 Å². The molecule has 0 saturated carbocycles. The number of carbonyl (C=O) groups is 1. The number of ether oxygens (including phenoxy) is 2. The van der Waals surface area contributed by atoms with Crippen LogP contribution in [0.15, 0.2) is 60.0 Å². The molecule has 4 rings (SSSR count). The number of hydrogen-bond donors (Lipinski definition) is 0. The maximum Gasteiger partial charge on any atom is 0.311 e. The Hall–Kier alpha value is -2.59. The Balaban J connectivity index is 1.45. The number of rotatable bonds is 4. The van der Waals surface area contributed by atoms with Gasteiger partial charge < -0.3 is 9.47 Å². The van der Waals surface area contributed by atoms with Gasteiger partial charge in [0.05, 0.1) is 6.42 Å². The van der Waals surface area contributed by atoms with Crippen LogP contribution in [0.2, 0.25) is 0 Å². The topological polar surface area (TPSA) is 35.5 Å². The summed E-state index contributed by atoms with van der Waals surface area (Å²) in [5.74, 6) is 1.34. The summed E-state index contributed by atoms with van der Waals surface area (Å²) in [6, 6.07) is 18.3. The largest absolute Gasteiger partial charge is 0.489 e. The van der Waals surface area contributed by atoms with E-state index in [2.05, 4.69) is 41.8 Å². The average molecular weight is 350 g/mol. The first kappa shape index (κ1) is 15.9. The highest BCUT2D eigenvalue weighted by Crippen LogP contribution is 2.36. The predicted octanol–water partition coefficient (Wildman–Crippen LogP) is 5.41. The Morgan fingerprint density at radius 3 is 2.76 bits per heavy atom. The lowest BCUT2D eigenvalue weighted by molar-refractivity contribution is -0.135. The van der Waals surface area contributed by atoms with Gasteiger partial charge >= 0.3 is 5.97 Å². The Morgan fingerprint density at radius 2 is 2.00 bits per heavy atom. The van der Waals surface area contributed by atoms with Crippen LogP contribution in [0.1, 0.15) is 30.4 Å². The van der Waals surface area contributed by atoms with E-state index in [0.717, 1.165) is 11.1 Å². The van der Waals surface area contributed by atoms with E-state index >= 15 is 0 Å². The van der Waals surface area contributed by atoms with Gasteiger partial charge in [-0.2, -0.15) is 0 Å². The molecule has 1 unspecified atom stereocenters. The average Bonchev–Trinajstić information content (AvgIpc) is 3.14. The molecule has 0 amide bonds. The van der Waals surface area contributed by atoms with Gasteiger partial charge in [0.2, 0.25) is 0 Å². The number of hydrogen-bond acceptors (Lipinski definition) is 4. The first-order chi connectivity index (χ1) is 12.2. The van der Waals surface area contributed by atoms with Crippen molar-refractivity contribution in [1.82, 2.24) is 0 Å². The lowest BCUT2D eigenvalue weighted by Gasteiger charge is -2.21. The van der Waals surface area contributed by atoms with Crippen LogP contribution in [-0.4, -0.2) is 5.97 Å². The minimum atomic E-state index is -0.179. The molecule has 0 radical (unpaired) electrons. The summed E-state index contributed by atoms with van der Waals surface area (Å²) in [6.07, 6.45) is 0.434. The van der Waals surface area contributed by atoms with Crippen LogP contribution in [0.5, 0.6) is 11.5 Å². The van der Waals surface area contributed by atoms with Crippen molar-refractivity contribution in [2.75, 3.05) is 0 Å². The zero-order valence-electron chi connectivity index (χ0n) is 13.9. The van der Waals surface area contributed by atoms with E-state index in [0.29, 0.717) is 24.5 Å². The molecule has 25 heavy (non-hydrogen) atoms. The second-order valence-electron chi connectivity index (χ2n) is 6.24. The summed E-state index contributed by atoms with van der Waals surface area (Å²) in [5, 5.41) is 2.08. The van der Waals surface area contributed by atoms with E-state index in [4.69, 9.17) is 9.47 Å². The second-order valence-corrected chi connectivity index (χ2v) is 7.19. The highest BCUT2D eigenvalue weighted by molar-refractivity contribution is 7.13. The molecule has 3 aromatic rings. The van der Waals surface area contributed by atoms with Crippen molar-refractivity contribution in [3.05, 3.63) is 71.1 Å². The molecule has 3 nitrogen and oxygen atoms in total. The maximum absolute atomic E-state index is 11.6.